The zero-order valence-corrected chi connectivity index (χ0v) is 14.6. The molecule has 6 nitrogen and oxygen atoms in total. The van der Waals surface area contributed by atoms with Gasteiger partial charge in [-0.15, -0.1) is 0 Å². The van der Waals surface area contributed by atoms with Crippen LogP contribution in [0.2, 0.25) is 0 Å². The van der Waals surface area contributed by atoms with Crippen LogP contribution in [0, 0.1) is 18.3 Å². The van der Waals surface area contributed by atoms with Gasteiger partial charge in [0.05, 0.1) is 23.1 Å². The van der Waals surface area contributed by atoms with Crippen LogP contribution in [0.15, 0.2) is 55.4 Å². The third-order valence-electron chi connectivity index (χ3n) is 4.38. The van der Waals surface area contributed by atoms with Crippen molar-refractivity contribution in [1.82, 2.24) is 19.9 Å². The van der Waals surface area contributed by atoms with E-state index in [1.54, 1.807) is 31.0 Å². The van der Waals surface area contributed by atoms with Crippen LogP contribution in [0.4, 0.5) is 11.4 Å². The number of pyridine rings is 1. The molecule has 0 aliphatic rings. The molecule has 0 spiro atoms. The maximum atomic E-state index is 9.53. The lowest BCUT2D eigenvalue weighted by Crippen LogP contribution is -1.99. The number of hydrogen-bond donors (Lipinski definition) is 2. The summed E-state index contributed by atoms with van der Waals surface area (Å²) in [5.41, 5.74) is 5.85. The van der Waals surface area contributed by atoms with Crippen LogP contribution in [-0.2, 0) is 0 Å². The van der Waals surface area contributed by atoms with Gasteiger partial charge in [0.15, 0.2) is 0 Å². The summed E-state index contributed by atoms with van der Waals surface area (Å²) < 4.78 is 0. The highest BCUT2D eigenvalue weighted by Gasteiger charge is 2.11. The first-order chi connectivity index (χ1) is 13.3. The lowest BCUT2D eigenvalue weighted by molar-refractivity contribution is 1.18. The Morgan fingerprint density at radius 2 is 2.00 bits per heavy atom. The Labute approximate surface area is 156 Å². The Hall–Kier alpha value is -3.98. The summed E-state index contributed by atoms with van der Waals surface area (Å²) in [7, 11) is 0. The van der Waals surface area contributed by atoms with Gasteiger partial charge in [-0.05, 0) is 42.8 Å². The third kappa shape index (κ3) is 3.26. The van der Waals surface area contributed by atoms with Crippen LogP contribution < -0.4 is 5.32 Å². The van der Waals surface area contributed by atoms with Crippen LogP contribution in [0.5, 0.6) is 0 Å². The quantitative estimate of drug-likeness (QED) is 0.566. The molecule has 0 saturated carbocycles. The fraction of sp³-hybridized carbons (Fsp3) is 0.0476. The first kappa shape index (κ1) is 16.5. The molecule has 1 aromatic carbocycles. The van der Waals surface area contributed by atoms with Gasteiger partial charge in [0.1, 0.15) is 6.07 Å². The van der Waals surface area contributed by atoms with Gasteiger partial charge in [-0.2, -0.15) is 5.26 Å². The number of benzene rings is 1. The van der Waals surface area contributed by atoms with Gasteiger partial charge in [0.25, 0.3) is 0 Å². The molecule has 0 saturated heterocycles. The second kappa shape index (κ2) is 7.10. The highest BCUT2D eigenvalue weighted by Crippen LogP contribution is 2.30. The van der Waals surface area contributed by atoms with Crippen molar-refractivity contribution >= 4 is 34.4 Å². The predicted octanol–water partition coefficient (Wildman–Crippen LogP) is 4.45. The standard InChI is InChI=1S/C21H16N6/c1-14-18-6-7-26-20(18)5-4-19(14)27-21-15(11-24-12-16(21)10-22)2-3-17-13-23-8-9-25-17/h2-9,11-13,26H,1H3,(H,24,27)/b3-2+. The SMILES string of the molecule is Cc1c(Nc2c(C#N)cncc2/C=C/c2cnccn2)ccc2[nH]ccc12. The first-order valence-corrected chi connectivity index (χ1v) is 8.42. The lowest BCUT2D eigenvalue weighted by atomic mass is 10.1. The molecule has 2 N–H and O–H groups in total. The predicted molar refractivity (Wildman–Crippen MR) is 106 cm³/mol. The van der Waals surface area contributed by atoms with E-state index in [0.717, 1.165) is 33.4 Å². The van der Waals surface area contributed by atoms with Crippen molar-refractivity contribution in [2.45, 2.75) is 6.92 Å². The van der Waals surface area contributed by atoms with Gasteiger partial charge in [-0.3, -0.25) is 15.0 Å². The number of nitrogens with one attached hydrogen (secondary N) is 2. The maximum absolute atomic E-state index is 9.53. The molecule has 0 atom stereocenters. The van der Waals surface area contributed by atoms with Crippen molar-refractivity contribution in [2.24, 2.45) is 0 Å². The molecule has 0 radical (unpaired) electrons. The fourth-order valence-corrected chi connectivity index (χ4v) is 2.95. The van der Waals surface area contributed by atoms with Gasteiger partial charge >= 0.3 is 0 Å². The van der Waals surface area contributed by atoms with Crippen molar-refractivity contribution in [3.05, 3.63) is 77.8 Å². The Kier molecular flexibility index (Phi) is 4.33. The molecular weight excluding hydrogens is 336 g/mol. The molecule has 0 aliphatic heterocycles. The largest absolute Gasteiger partial charge is 0.361 e. The average Bonchev–Trinajstić information content (AvgIpc) is 3.19. The molecule has 0 aliphatic carbocycles. The van der Waals surface area contributed by atoms with E-state index in [4.69, 9.17) is 0 Å². The number of hydrogen-bond acceptors (Lipinski definition) is 5. The van der Waals surface area contributed by atoms with Crippen molar-refractivity contribution in [1.29, 1.82) is 5.26 Å². The molecule has 130 valence electrons. The van der Waals surface area contributed by atoms with Gasteiger partial charge in [0.2, 0.25) is 0 Å². The number of aryl methyl sites for hydroxylation is 1. The van der Waals surface area contributed by atoms with Crippen molar-refractivity contribution < 1.29 is 0 Å². The lowest BCUT2D eigenvalue weighted by Gasteiger charge is -2.14. The first-order valence-electron chi connectivity index (χ1n) is 8.42. The molecule has 4 rings (SSSR count). The summed E-state index contributed by atoms with van der Waals surface area (Å²) in [6.45, 7) is 2.06. The van der Waals surface area contributed by atoms with E-state index in [9.17, 15) is 5.26 Å². The van der Waals surface area contributed by atoms with E-state index < -0.39 is 0 Å². The zero-order chi connectivity index (χ0) is 18.6. The van der Waals surface area contributed by atoms with Crippen molar-refractivity contribution in [3.63, 3.8) is 0 Å². The summed E-state index contributed by atoms with van der Waals surface area (Å²) in [6, 6.07) is 8.28. The van der Waals surface area contributed by atoms with E-state index >= 15 is 0 Å². The van der Waals surface area contributed by atoms with E-state index in [1.807, 2.05) is 36.5 Å². The number of aromatic amines is 1. The third-order valence-corrected chi connectivity index (χ3v) is 4.38. The van der Waals surface area contributed by atoms with E-state index in [0.29, 0.717) is 11.3 Å². The summed E-state index contributed by atoms with van der Waals surface area (Å²) in [6.07, 6.45) is 13.9. The normalized spacial score (nSPS) is 11.0. The number of rotatable bonds is 4. The molecule has 3 heterocycles. The fourth-order valence-electron chi connectivity index (χ4n) is 2.95. The van der Waals surface area contributed by atoms with Crippen LogP contribution in [0.25, 0.3) is 23.1 Å². The van der Waals surface area contributed by atoms with Crippen LogP contribution in [-0.4, -0.2) is 19.9 Å². The Morgan fingerprint density at radius 1 is 1.07 bits per heavy atom. The smallest absolute Gasteiger partial charge is 0.103 e. The Morgan fingerprint density at radius 3 is 2.81 bits per heavy atom. The van der Waals surface area contributed by atoms with Gasteiger partial charge in [-0.25, -0.2) is 0 Å². The minimum absolute atomic E-state index is 0.477. The molecular formula is C21H16N6. The molecule has 0 bridgehead atoms. The van der Waals surface area contributed by atoms with Crippen LogP contribution in [0.3, 0.4) is 0 Å². The number of fused-ring (bicyclic) bond motifs is 1. The molecule has 27 heavy (non-hydrogen) atoms. The van der Waals surface area contributed by atoms with Gasteiger partial charge in [-0.1, -0.05) is 0 Å². The number of nitrogens with zero attached hydrogens (tertiary/aromatic N) is 4. The van der Waals surface area contributed by atoms with Gasteiger partial charge < -0.3 is 10.3 Å². The highest BCUT2D eigenvalue weighted by molar-refractivity contribution is 5.90. The Bertz CT molecular complexity index is 1170. The minimum Gasteiger partial charge on any atom is -0.361 e. The maximum Gasteiger partial charge on any atom is 0.103 e. The number of anilines is 2. The minimum atomic E-state index is 0.477. The van der Waals surface area contributed by atoms with Crippen LogP contribution in [0.1, 0.15) is 22.4 Å². The Balaban J connectivity index is 1.76. The average molecular weight is 352 g/mol. The highest BCUT2D eigenvalue weighted by atomic mass is 14.9. The summed E-state index contributed by atoms with van der Waals surface area (Å²) in [5, 5.41) is 14.1. The summed E-state index contributed by atoms with van der Waals surface area (Å²) >= 11 is 0. The monoisotopic (exact) mass is 352 g/mol. The van der Waals surface area contributed by atoms with E-state index in [2.05, 4.69) is 38.2 Å². The van der Waals surface area contributed by atoms with E-state index in [1.165, 1.54) is 0 Å². The molecule has 0 fully saturated rings. The molecule has 6 heteroatoms. The van der Waals surface area contributed by atoms with E-state index in [-0.39, 0.29) is 0 Å². The number of nitriles is 1. The molecule has 0 amide bonds. The number of H-pyrrole nitrogens is 1. The second-order valence-corrected chi connectivity index (χ2v) is 6.03. The topological polar surface area (TPSA) is 90.3 Å². The molecule has 3 aromatic heterocycles. The summed E-state index contributed by atoms with van der Waals surface area (Å²) in [4.78, 5) is 15.7. The molecule has 0 unspecified atom stereocenters. The molecule has 4 aromatic rings. The second-order valence-electron chi connectivity index (χ2n) is 6.03. The van der Waals surface area contributed by atoms with Crippen molar-refractivity contribution in [3.8, 4) is 6.07 Å². The van der Waals surface area contributed by atoms with Crippen molar-refractivity contribution in [2.75, 3.05) is 5.32 Å². The van der Waals surface area contributed by atoms with Crippen LogP contribution >= 0.6 is 0 Å². The van der Waals surface area contributed by atoms with Gasteiger partial charge in [0, 0.05) is 53.1 Å². The summed E-state index contributed by atoms with van der Waals surface area (Å²) in [5.74, 6) is 0. The number of aromatic nitrogens is 4. The zero-order valence-electron chi connectivity index (χ0n) is 14.6.